The highest BCUT2D eigenvalue weighted by Gasteiger charge is 2.08. The Morgan fingerprint density at radius 1 is 1.15 bits per heavy atom. The Kier molecular flexibility index (Phi) is 7.35. The van der Waals surface area contributed by atoms with Crippen molar-refractivity contribution in [2.75, 3.05) is 19.8 Å². The zero-order chi connectivity index (χ0) is 14.8. The van der Waals surface area contributed by atoms with Gasteiger partial charge in [0.05, 0.1) is 13.0 Å². The molecule has 0 atom stereocenters. The number of hydrogen-bond donors (Lipinski definition) is 1. The minimum absolute atomic E-state index is 0.0568. The summed E-state index contributed by atoms with van der Waals surface area (Å²) in [4.78, 5) is 22.6. The van der Waals surface area contributed by atoms with Crippen LogP contribution in [0.2, 0.25) is 0 Å². The molecule has 1 aromatic rings. The second kappa shape index (κ2) is 9.09. The largest absolute Gasteiger partial charge is 0.486 e. The molecule has 0 saturated heterocycles. The van der Waals surface area contributed by atoms with Crippen molar-refractivity contribution < 1.29 is 24.2 Å². The average Bonchev–Trinajstić information content (AvgIpc) is 2.45. The second-order valence-corrected chi connectivity index (χ2v) is 4.25. The first-order valence-corrected chi connectivity index (χ1v) is 6.65. The van der Waals surface area contributed by atoms with E-state index >= 15 is 0 Å². The van der Waals surface area contributed by atoms with Gasteiger partial charge >= 0.3 is 5.97 Å². The fourth-order valence-corrected chi connectivity index (χ4v) is 1.59. The van der Waals surface area contributed by atoms with Gasteiger partial charge in [0.2, 0.25) is 0 Å². The molecule has 0 aromatic heterocycles. The maximum atomic E-state index is 11.5. The van der Waals surface area contributed by atoms with Gasteiger partial charge in [0, 0.05) is 13.0 Å². The molecule has 1 N–H and O–H groups in total. The molecule has 110 valence electrons. The molecule has 0 amide bonds. The summed E-state index contributed by atoms with van der Waals surface area (Å²) in [6.07, 6.45) is 0.811. The van der Waals surface area contributed by atoms with Crippen LogP contribution in [0.5, 0.6) is 5.75 Å². The molecule has 0 fully saturated rings. The van der Waals surface area contributed by atoms with E-state index in [0.717, 1.165) is 5.56 Å². The van der Waals surface area contributed by atoms with E-state index in [-0.39, 0.29) is 37.8 Å². The molecular weight excluding hydrogens is 260 g/mol. The van der Waals surface area contributed by atoms with Gasteiger partial charge in [-0.05, 0) is 31.0 Å². The van der Waals surface area contributed by atoms with E-state index in [1.165, 1.54) is 0 Å². The molecule has 5 heteroatoms. The van der Waals surface area contributed by atoms with Crippen LogP contribution in [-0.2, 0) is 20.7 Å². The third-order valence-corrected chi connectivity index (χ3v) is 2.64. The quantitative estimate of drug-likeness (QED) is 0.694. The lowest BCUT2D eigenvalue weighted by atomic mass is 10.1. The number of ketones is 1. The van der Waals surface area contributed by atoms with E-state index in [9.17, 15) is 9.59 Å². The van der Waals surface area contributed by atoms with Crippen molar-refractivity contribution in [3.05, 3.63) is 29.8 Å². The Labute approximate surface area is 118 Å². The van der Waals surface area contributed by atoms with Crippen LogP contribution in [-0.4, -0.2) is 36.7 Å². The Balaban J connectivity index is 2.28. The summed E-state index contributed by atoms with van der Waals surface area (Å²) >= 11 is 0. The maximum Gasteiger partial charge on any atom is 0.306 e. The van der Waals surface area contributed by atoms with Gasteiger partial charge < -0.3 is 14.6 Å². The van der Waals surface area contributed by atoms with Crippen molar-refractivity contribution in [3.63, 3.8) is 0 Å². The summed E-state index contributed by atoms with van der Waals surface area (Å²) in [7, 11) is 0. The first-order valence-electron chi connectivity index (χ1n) is 6.65. The SMILES string of the molecule is CCOC(=O)CCC(=O)COc1ccc(CCO)cc1. The van der Waals surface area contributed by atoms with Gasteiger partial charge in [0.1, 0.15) is 12.4 Å². The fraction of sp³-hybridized carbons (Fsp3) is 0.467. The van der Waals surface area contributed by atoms with Gasteiger partial charge in [-0.15, -0.1) is 0 Å². The molecule has 20 heavy (non-hydrogen) atoms. The molecule has 5 nitrogen and oxygen atoms in total. The number of carbonyl (C=O) groups excluding carboxylic acids is 2. The van der Waals surface area contributed by atoms with Crippen molar-refractivity contribution in [1.82, 2.24) is 0 Å². The highest BCUT2D eigenvalue weighted by molar-refractivity contribution is 5.84. The molecular formula is C15H20O5. The average molecular weight is 280 g/mol. The molecule has 0 aliphatic carbocycles. The Morgan fingerprint density at radius 2 is 1.85 bits per heavy atom. The van der Waals surface area contributed by atoms with Gasteiger partial charge in [-0.1, -0.05) is 12.1 Å². The topological polar surface area (TPSA) is 72.8 Å². The summed E-state index contributed by atoms with van der Waals surface area (Å²) < 4.78 is 10.1. The Hall–Kier alpha value is -1.88. The van der Waals surface area contributed by atoms with Crippen LogP contribution in [0.3, 0.4) is 0 Å². The zero-order valence-electron chi connectivity index (χ0n) is 11.6. The summed E-state index contributed by atoms with van der Waals surface area (Å²) in [5.41, 5.74) is 1.01. The molecule has 0 unspecified atom stereocenters. The molecule has 0 bridgehead atoms. The Morgan fingerprint density at radius 3 is 2.45 bits per heavy atom. The number of Topliss-reactive ketones (excluding diaryl/α,β-unsaturated/α-hetero) is 1. The molecule has 1 rings (SSSR count). The number of carbonyl (C=O) groups is 2. The van der Waals surface area contributed by atoms with E-state index in [4.69, 9.17) is 14.6 Å². The number of esters is 1. The maximum absolute atomic E-state index is 11.5. The van der Waals surface area contributed by atoms with Gasteiger partial charge in [0.25, 0.3) is 0 Å². The van der Waals surface area contributed by atoms with Crippen LogP contribution in [0.15, 0.2) is 24.3 Å². The van der Waals surface area contributed by atoms with E-state index in [1.54, 1.807) is 19.1 Å². The smallest absolute Gasteiger partial charge is 0.306 e. The van der Waals surface area contributed by atoms with Gasteiger partial charge in [-0.2, -0.15) is 0 Å². The summed E-state index contributed by atoms with van der Waals surface area (Å²) in [6.45, 7) is 2.10. The van der Waals surface area contributed by atoms with Crippen molar-refractivity contribution in [2.24, 2.45) is 0 Å². The zero-order valence-corrected chi connectivity index (χ0v) is 11.6. The number of hydrogen-bond acceptors (Lipinski definition) is 5. The molecule has 0 heterocycles. The lowest BCUT2D eigenvalue weighted by Crippen LogP contribution is -2.14. The fourth-order valence-electron chi connectivity index (χ4n) is 1.59. The van der Waals surface area contributed by atoms with Crippen LogP contribution < -0.4 is 4.74 Å². The summed E-state index contributed by atoms with van der Waals surface area (Å²) in [5.74, 6) is 0.0860. The van der Waals surface area contributed by atoms with Crippen LogP contribution in [0, 0.1) is 0 Å². The number of benzene rings is 1. The molecule has 0 aliphatic heterocycles. The number of aliphatic hydroxyl groups is 1. The molecule has 0 saturated carbocycles. The Bertz CT molecular complexity index is 424. The lowest BCUT2D eigenvalue weighted by Gasteiger charge is -2.06. The minimum atomic E-state index is -0.366. The predicted octanol–water partition coefficient (Wildman–Crippen LogP) is 1.51. The van der Waals surface area contributed by atoms with Gasteiger partial charge in [-0.25, -0.2) is 0 Å². The number of aliphatic hydroxyl groups excluding tert-OH is 1. The third-order valence-electron chi connectivity index (χ3n) is 2.64. The van der Waals surface area contributed by atoms with Crippen LogP contribution >= 0.6 is 0 Å². The van der Waals surface area contributed by atoms with E-state index in [1.807, 2.05) is 12.1 Å². The molecule has 0 spiro atoms. The first kappa shape index (κ1) is 16.2. The van der Waals surface area contributed by atoms with Crippen molar-refractivity contribution in [2.45, 2.75) is 26.2 Å². The molecule has 0 aliphatic rings. The van der Waals surface area contributed by atoms with E-state index in [2.05, 4.69) is 0 Å². The normalized spacial score (nSPS) is 10.1. The van der Waals surface area contributed by atoms with Gasteiger partial charge in [0.15, 0.2) is 5.78 Å². The monoisotopic (exact) mass is 280 g/mol. The first-order chi connectivity index (χ1) is 9.65. The standard InChI is InChI=1S/C15H20O5/c1-2-19-15(18)8-5-13(17)11-20-14-6-3-12(4-7-14)9-10-16/h3-4,6-7,16H,2,5,8-11H2,1H3. The third kappa shape index (κ3) is 6.33. The van der Waals surface area contributed by atoms with E-state index < -0.39 is 0 Å². The minimum Gasteiger partial charge on any atom is -0.486 e. The molecule has 1 aromatic carbocycles. The van der Waals surface area contributed by atoms with Crippen LogP contribution in [0.4, 0.5) is 0 Å². The highest BCUT2D eigenvalue weighted by atomic mass is 16.5. The van der Waals surface area contributed by atoms with Crippen molar-refractivity contribution in [1.29, 1.82) is 0 Å². The summed E-state index contributed by atoms with van der Waals surface area (Å²) in [6, 6.07) is 7.19. The lowest BCUT2D eigenvalue weighted by molar-refractivity contribution is -0.144. The second-order valence-electron chi connectivity index (χ2n) is 4.25. The molecule has 0 radical (unpaired) electrons. The van der Waals surface area contributed by atoms with Crippen LogP contribution in [0.25, 0.3) is 0 Å². The van der Waals surface area contributed by atoms with E-state index in [0.29, 0.717) is 18.8 Å². The van der Waals surface area contributed by atoms with Crippen molar-refractivity contribution in [3.8, 4) is 5.75 Å². The van der Waals surface area contributed by atoms with Gasteiger partial charge in [-0.3, -0.25) is 9.59 Å². The number of rotatable bonds is 9. The highest BCUT2D eigenvalue weighted by Crippen LogP contribution is 2.12. The summed E-state index contributed by atoms with van der Waals surface area (Å²) in [5, 5.41) is 8.79. The number of ether oxygens (including phenoxy) is 2. The predicted molar refractivity (Wildman–Crippen MR) is 73.6 cm³/mol. The van der Waals surface area contributed by atoms with Crippen molar-refractivity contribution >= 4 is 11.8 Å². The van der Waals surface area contributed by atoms with Crippen LogP contribution in [0.1, 0.15) is 25.3 Å².